The van der Waals surface area contributed by atoms with E-state index in [1.807, 2.05) is 0 Å². The lowest BCUT2D eigenvalue weighted by Gasteiger charge is -2.27. The Morgan fingerprint density at radius 3 is 2.62 bits per heavy atom. The summed E-state index contributed by atoms with van der Waals surface area (Å²) in [4.78, 5) is 4.48. The van der Waals surface area contributed by atoms with Crippen LogP contribution in [0.1, 0.15) is 25.7 Å². The van der Waals surface area contributed by atoms with Gasteiger partial charge in [-0.2, -0.15) is 0 Å². The highest BCUT2D eigenvalue weighted by Gasteiger charge is 2.24. The number of nitrogens with one attached hydrogen (secondary N) is 1. The Hall–Kier alpha value is -0.570. The van der Waals surface area contributed by atoms with Crippen molar-refractivity contribution in [3.05, 3.63) is 0 Å². The predicted molar refractivity (Wildman–Crippen MR) is 54.8 cm³/mol. The molecule has 0 aromatic rings. The summed E-state index contributed by atoms with van der Waals surface area (Å²) in [5, 5.41) is 3.38. The standard InChI is InChI=1S/C10H19N3/c11-7-8-1-3-9(4-2-8)10-12-5-6-13-10/h8-9H,1-7,11H2,(H,12,13). The maximum atomic E-state index is 5.66. The van der Waals surface area contributed by atoms with Gasteiger partial charge < -0.3 is 11.1 Å². The number of aliphatic imine (C=N–C) groups is 1. The van der Waals surface area contributed by atoms with Gasteiger partial charge in [0.2, 0.25) is 0 Å². The van der Waals surface area contributed by atoms with E-state index in [0.717, 1.165) is 25.6 Å². The molecular formula is C10H19N3. The largest absolute Gasteiger partial charge is 0.372 e. The third kappa shape index (κ3) is 2.02. The lowest BCUT2D eigenvalue weighted by molar-refractivity contribution is 0.326. The lowest BCUT2D eigenvalue weighted by atomic mass is 9.81. The molecule has 0 bridgehead atoms. The van der Waals surface area contributed by atoms with Crippen molar-refractivity contribution in [2.45, 2.75) is 25.7 Å². The van der Waals surface area contributed by atoms with Crippen molar-refractivity contribution in [2.75, 3.05) is 19.6 Å². The van der Waals surface area contributed by atoms with Gasteiger partial charge in [0.15, 0.2) is 0 Å². The smallest absolute Gasteiger partial charge is 0.0995 e. The lowest BCUT2D eigenvalue weighted by Crippen LogP contribution is -2.31. The Bertz CT molecular complexity index is 192. The molecule has 1 aliphatic heterocycles. The van der Waals surface area contributed by atoms with E-state index < -0.39 is 0 Å². The third-order valence-corrected chi connectivity index (χ3v) is 3.27. The van der Waals surface area contributed by atoms with Crippen molar-refractivity contribution < 1.29 is 0 Å². The van der Waals surface area contributed by atoms with Gasteiger partial charge in [-0.25, -0.2) is 0 Å². The monoisotopic (exact) mass is 181 g/mol. The zero-order valence-electron chi connectivity index (χ0n) is 8.13. The SMILES string of the molecule is NCC1CCC(C2=NCCN2)CC1. The zero-order chi connectivity index (χ0) is 9.10. The van der Waals surface area contributed by atoms with E-state index >= 15 is 0 Å². The molecule has 0 aromatic carbocycles. The fraction of sp³-hybridized carbons (Fsp3) is 0.900. The van der Waals surface area contributed by atoms with Crippen LogP contribution in [0.2, 0.25) is 0 Å². The van der Waals surface area contributed by atoms with Gasteiger partial charge in [0.25, 0.3) is 0 Å². The maximum absolute atomic E-state index is 5.66. The van der Waals surface area contributed by atoms with Crippen LogP contribution in [0.5, 0.6) is 0 Å². The Balaban J connectivity index is 1.83. The summed E-state index contributed by atoms with van der Waals surface area (Å²) >= 11 is 0. The van der Waals surface area contributed by atoms with E-state index in [1.165, 1.54) is 31.5 Å². The predicted octanol–water partition coefficient (Wildman–Crippen LogP) is 0.753. The topological polar surface area (TPSA) is 50.4 Å². The number of hydrogen-bond acceptors (Lipinski definition) is 3. The molecule has 1 fully saturated rings. The van der Waals surface area contributed by atoms with Crippen molar-refractivity contribution in [2.24, 2.45) is 22.6 Å². The first-order valence-electron chi connectivity index (χ1n) is 5.38. The fourth-order valence-electron chi connectivity index (χ4n) is 2.36. The third-order valence-electron chi connectivity index (χ3n) is 3.27. The van der Waals surface area contributed by atoms with Crippen molar-refractivity contribution in [1.29, 1.82) is 0 Å². The van der Waals surface area contributed by atoms with Gasteiger partial charge >= 0.3 is 0 Å². The van der Waals surface area contributed by atoms with Crippen LogP contribution in [0, 0.1) is 11.8 Å². The highest BCUT2D eigenvalue weighted by Crippen LogP contribution is 2.28. The molecule has 3 heteroatoms. The van der Waals surface area contributed by atoms with Crippen molar-refractivity contribution in [3.8, 4) is 0 Å². The zero-order valence-corrected chi connectivity index (χ0v) is 8.13. The van der Waals surface area contributed by atoms with Crippen molar-refractivity contribution >= 4 is 5.84 Å². The molecule has 0 atom stereocenters. The van der Waals surface area contributed by atoms with Crippen molar-refractivity contribution in [1.82, 2.24) is 5.32 Å². The maximum Gasteiger partial charge on any atom is 0.0995 e. The molecule has 3 N–H and O–H groups in total. The summed E-state index contributed by atoms with van der Waals surface area (Å²) in [5.74, 6) is 2.76. The number of rotatable bonds is 2. The summed E-state index contributed by atoms with van der Waals surface area (Å²) in [7, 11) is 0. The number of amidine groups is 1. The fourth-order valence-corrected chi connectivity index (χ4v) is 2.36. The molecule has 0 amide bonds. The summed E-state index contributed by atoms with van der Waals surface area (Å²) in [6, 6.07) is 0. The van der Waals surface area contributed by atoms with Gasteiger partial charge in [0.05, 0.1) is 12.4 Å². The van der Waals surface area contributed by atoms with E-state index in [2.05, 4.69) is 10.3 Å². The van der Waals surface area contributed by atoms with Crippen LogP contribution in [-0.4, -0.2) is 25.5 Å². The normalized spacial score (nSPS) is 34.1. The molecule has 3 nitrogen and oxygen atoms in total. The molecule has 1 saturated carbocycles. The van der Waals surface area contributed by atoms with Gasteiger partial charge in [0, 0.05) is 12.5 Å². The second-order valence-electron chi connectivity index (χ2n) is 4.15. The van der Waals surface area contributed by atoms with Crippen LogP contribution < -0.4 is 11.1 Å². The van der Waals surface area contributed by atoms with Gasteiger partial charge in [0.1, 0.15) is 0 Å². The second kappa shape index (κ2) is 4.09. The first kappa shape index (κ1) is 9.00. The molecule has 74 valence electrons. The van der Waals surface area contributed by atoms with E-state index in [9.17, 15) is 0 Å². The Labute approximate surface area is 79.8 Å². The molecular weight excluding hydrogens is 162 g/mol. The van der Waals surface area contributed by atoms with Crippen LogP contribution in [0.4, 0.5) is 0 Å². The molecule has 0 unspecified atom stereocenters. The minimum absolute atomic E-state index is 0.713. The minimum atomic E-state index is 0.713. The minimum Gasteiger partial charge on any atom is -0.372 e. The van der Waals surface area contributed by atoms with Crippen LogP contribution in [0.3, 0.4) is 0 Å². The molecule has 13 heavy (non-hydrogen) atoms. The highest BCUT2D eigenvalue weighted by molar-refractivity contribution is 5.85. The van der Waals surface area contributed by atoms with E-state index in [0.29, 0.717) is 5.92 Å². The highest BCUT2D eigenvalue weighted by atomic mass is 15.1. The van der Waals surface area contributed by atoms with Gasteiger partial charge in [-0.15, -0.1) is 0 Å². The van der Waals surface area contributed by atoms with E-state index in [1.54, 1.807) is 0 Å². The quantitative estimate of drug-likeness (QED) is 0.660. The van der Waals surface area contributed by atoms with Gasteiger partial charge in [-0.1, -0.05) is 0 Å². The van der Waals surface area contributed by atoms with Crippen molar-refractivity contribution in [3.63, 3.8) is 0 Å². The molecule has 0 saturated heterocycles. The average Bonchev–Trinajstić information content (AvgIpc) is 2.71. The van der Waals surface area contributed by atoms with Gasteiger partial charge in [-0.3, -0.25) is 4.99 Å². The molecule has 2 aliphatic rings. The molecule has 0 aromatic heterocycles. The molecule has 2 rings (SSSR count). The molecule has 1 aliphatic carbocycles. The first-order chi connectivity index (χ1) is 6.40. The van der Waals surface area contributed by atoms with E-state index in [4.69, 9.17) is 5.73 Å². The Morgan fingerprint density at radius 1 is 1.31 bits per heavy atom. The van der Waals surface area contributed by atoms with E-state index in [-0.39, 0.29) is 0 Å². The number of hydrogen-bond donors (Lipinski definition) is 2. The van der Waals surface area contributed by atoms with Crippen LogP contribution in [0.25, 0.3) is 0 Å². The molecule has 0 spiro atoms. The second-order valence-corrected chi connectivity index (χ2v) is 4.15. The number of nitrogens with zero attached hydrogens (tertiary/aromatic N) is 1. The molecule has 1 heterocycles. The summed E-state index contributed by atoms with van der Waals surface area (Å²) in [5.41, 5.74) is 5.66. The Morgan fingerprint density at radius 2 is 2.08 bits per heavy atom. The Kier molecular flexibility index (Phi) is 2.83. The average molecular weight is 181 g/mol. The summed E-state index contributed by atoms with van der Waals surface area (Å²) in [6.45, 7) is 2.89. The first-order valence-corrected chi connectivity index (χ1v) is 5.38. The van der Waals surface area contributed by atoms with Gasteiger partial charge in [-0.05, 0) is 38.1 Å². The van der Waals surface area contributed by atoms with Crippen LogP contribution >= 0.6 is 0 Å². The number of nitrogens with two attached hydrogens (primary N) is 1. The van der Waals surface area contributed by atoms with Crippen LogP contribution in [-0.2, 0) is 0 Å². The summed E-state index contributed by atoms with van der Waals surface area (Å²) < 4.78 is 0. The molecule has 0 radical (unpaired) electrons. The van der Waals surface area contributed by atoms with Crippen LogP contribution in [0.15, 0.2) is 4.99 Å². The summed E-state index contributed by atoms with van der Waals surface area (Å²) in [6.07, 6.45) is 5.16.